The lowest BCUT2D eigenvalue weighted by atomic mass is 10.0. The summed E-state index contributed by atoms with van der Waals surface area (Å²) in [5, 5.41) is 9.50. The lowest BCUT2D eigenvalue weighted by Gasteiger charge is -2.31. The smallest absolute Gasteiger partial charge is 0.333 e. The largest absolute Gasteiger partial charge is 0.478 e. The van der Waals surface area contributed by atoms with Crippen molar-refractivity contribution in [1.29, 1.82) is 0 Å². The zero-order valence-electron chi connectivity index (χ0n) is 17.4. The second-order valence-corrected chi connectivity index (χ2v) is 8.19. The first-order valence-corrected chi connectivity index (χ1v) is 10.4. The van der Waals surface area contributed by atoms with Gasteiger partial charge in [0, 0.05) is 30.6 Å². The molecule has 4 heterocycles. The molecule has 11 heteroatoms. The third-order valence-corrected chi connectivity index (χ3v) is 6.19. The predicted octanol–water partition coefficient (Wildman–Crippen LogP) is 2.26. The van der Waals surface area contributed by atoms with Gasteiger partial charge in [0.05, 0.1) is 37.6 Å². The lowest BCUT2D eigenvalue weighted by molar-refractivity contribution is -0.166. The number of halogens is 3. The van der Waals surface area contributed by atoms with E-state index in [1.165, 1.54) is 17.0 Å². The highest BCUT2D eigenvalue weighted by atomic mass is 19.1. The van der Waals surface area contributed by atoms with Crippen LogP contribution in [-0.2, 0) is 14.3 Å². The number of fused-ring (bicyclic) bond motifs is 1. The van der Waals surface area contributed by atoms with Crippen molar-refractivity contribution in [1.82, 2.24) is 4.98 Å². The summed E-state index contributed by atoms with van der Waals surface area (Å²) in [7, 11) is 0. The molecule has 0 radical (unpaired) electrons. The Bertz CT molecular complexity index is 1150. The number of aromatic nitrogens is 1. The van der Waals surface area contributed by atoms with Crippen LogP contribution in [0.15, 0.2) is 29.8 Å². The summed E-state index contributed by atoms with van der Waals surface area (Å²) in [6.45, 7) is 1.39. The van der Waals surface area contributed by atoms with E-state index in [0.717, 1.165) is 12.1 Å². The fourth-order valence-electron chi connectivity index (χ4n) is 4.61. The number of nitrogens with zero attached hydrogens (tertiary/aromatic N) is 3. The average Bonchev–Trinajstić information content (AvgIpc) is 3.39. The second-order valence-electron chi connectivity index (χ2n) is 8.19. The van der Waals surface area contributed by atoms with Gasteiger partial charge >= 0.3 is 5.97 Å². The Morgan fingerprint density at radius 3 is 2.61 bits per heavy atom. The van der Waals surface area contributed by atoms with E-state index in [4.69, 9.17) is 15.2 Å². The summed E-state index contributed by atoms with van der Waals surface area (Å²) in [6.07, 6.45) is 1.30. The third kappa shape index (κ3) is 3.62. The van der Waals surface area contributed by atoms with Gasteiger partial charge in [0.1, 0.15) is 17.5 Å². The van der Waals surface area contributed by atoms with Crippen LogP contribution in [0.25, 0.3) is 6.08 Å². The van der Waals surface area contributed by atoms with Crippen LogP contribution in [0.4, 0.5) is 30.5 Å². The number of carboxylic acids is 1. The minimum Gasteiger partial charge on any atom is -0.478 e. The number of anilines is 3. The van der Waals surface area contributed by atoms with Crippen molar-refractivity contribution in [3.8, 4) is 0 Å². The van der Waals surface area contributed by atoms with Gasteiger partial charge in [-0.1, -0.05) is 0 Å². The van der Waals surface area contributed by atoms with Gasteiger partial charge in [-0.2, -0.15) is 0 Å². The van der Waals surface area contributed by atoms with Crippen LogP contribution in [0, 0.1) is 23.4 Å². The van der Waals surface area contributed by atoms with E-state index < -0.39 is 29.2 Å². The number of pyridine rings is 1. The maximum absolute atomic E-state index is 15.2. The molecule has 5 rings (SSSR count). The third-order valence-electron chi connectivity index (χ3n) is 6.19. The Labute approximate surface area is 187 Å². The summed E-state index contributed by atoms with van der Waals surface area (Å²) in [5.41, 5.74) is 5.91. The molecule has 3 N–H and O–H groups in total. The zero-order chi connectivity index (χ0) is 23.3. The summed E-state index contributed by atoms with van der Waals surface area (Å²) < 4.78 is 54.9. The van der Waals surface area contributed by atoms with Gasteiger partial charge in [0.2, 0.25) is 0 Å². The maximum atomic E-state index is 15.2. The van der Waals surface area contributed by atoms with Crippen LogP contribution >= 0.6 is 0 Å². The first-order chi connectivity index (χ1) is 15.8. The normalized spacial score (nSPS) is 21.5. The number of nitrogens with two attached hydrogens (primary N) is 1. The van der Waals surface area contributed by atoms with E-state index >= 15 is 4.39 Å². The second kappa shape index (κ2) is 8.01. The van der Waals surface area contributed by atoms with Crippen molar-refractivity contribution >= 4 is 29.4 Å². The molecular weight excluding hydrogens is 441 g/mol. The molecule has 2 aromatic rings. The van der Waals surface area contributed by atoms with Crippen LogP contribution in [0.2, 0.25) is 0 Å². The molecule has 0 amide bonds. The average molecular weight is 462 g/mol. The van der Waals surface area contributed by atoms with Crippen LogP contribution < -0.4 is 15.5 Å². The van der Waals surface area contributed by atoms with E-state index in [-0.39, 0.29) is 54.0 Å². The predicted molar refractivity (Wildman–Crippen MR) is 113 cm³/mol. The summed E-state index contributed by atoms with van der Waals surface area (Å²) >= 11 is 0. The Morgan fingerprint density at radius 1 is 1.18 bits per heavy atom. The zero-order valence-corrected chi connectivity index (χ0v) is 17.4. The molecular formula is C22H21F3N4O4. The van der Waals surface area contributed by atoms with Crippen molar-refractivity contribution in [3.05, 3.63) is 52.9 Å². The number of hydrogen-bond donors (Lipinski definition) is 2. The van der Waals surface area contributed by atoms with E-state index in [0.29, 0.717) is 25.8 Å². The Hall–Kier alpha value is -3.15. The summed E-state index contributed by atoms with van der Waals surface area (Å²) in [6, 6.07) is 4.11. The van der Waals surface area contributed by atoms with Gasteiger partial charge in [-0.15, -0.1) is 0 Å². The number of aliphatic carboxylic acids is 1. The highest BCUT2D eigenvalue weighted by Crippen LogP contribution is 2.41. The molecule has 2 fully saturated rings. The van der Waals surface area contributed by atoms with E-state index in [2.05, 4.69) is 4.98 Å². The lowest BCUT2D eigenvalue weighted by Crippen LogP contribution is -2.42. The molecule has 3 aliphatic heterocycles. The monoisotopic (exact) mass is 462 g/mol. The van der Waals surface area contributed by atoms with Crippen molar-refractivity contribution in [3.63, 3.8) is 0 Å². The van der Waals surface area contributed by atoms with Gasteiger partial charge < -0.3 is 30.1 Å². The van der Waals surface area contributed by atoms with Gasteiger partial charge in [0.15, 0.2) is 17.4 Å². The molecule has 0 saturated carbocycles. The van der Waals surface area contributed by atoms with Crippen molar-refractivity contribution in [2.45, 2.75) is 5.79 Å². The number of ether oxygens (including phenoxy) is 2. The van der Waals surface area contributed by atoms with Crippen LogP contribution in [0.5, 0.6) is 0 Å². The molecule has 1 spiro atoms. The van der Waals surface area contributed by atoms with Crippen molar-refractivity contribution in [2.24, 2.45) is 11.7 Å². The molecule has 0 aliphatic carbocycles. The molecule has 3 aliphatic rings. The number of benzene rings is 1. The first kappa shape index (κ1) is 21.7. The van der Waals surface area contributed by atoms with Gasteiger partial charge in [-0.3, -0.25) is 0 Å². The SMILES string of the molecule is NCC1CN(c2nc3c(cc2F)C=C(C(=O)O)CN3c2ccc(F)cc2F)CC12OCCO2. The van der Waals surface area contributed by atoms with Gasteiger partial charge in [-0.25, -0.2) is 22.9 Å². The highest BCUT2D eigenvalue weighted by molar-refractivity contribution is 5.97. The number of carbonyl (C=O) groups is 1. The molecule has 8 nitrogen and oxygen atoms in total. The van der Waals surface area contributed by atoms with Crippen LogP contribution in [-0.4, -0.2) is 61.2 Å². The molecule has 1 aromatic carbocycles. The summed E-state index contributed by atoms with van der Waals surface area (Å²) in [4.78, 5) is 19.1. The topological polar surface area (TPSA) is 101 Å². The van der Waals surface area contributed by atoms with Crippen molar-refractivity contribution < 1.29 is 32.5 Å². The fourth-order valence-corrected chi connectivity index (χ4v) is 4.61. The Balaban J connectivity index is 1.59. The highest BCUT2D eigenvalue weighted by Gasteiger charge is 2.51. The number of rotatable bonds is 4. The molecule has 1 atom stereocenters. The molecule has 174 valence electrons. The number of hydrogen-bond acceptors (Lipinski definition) is 7. The van der Waals surface area contributed by atoms with Crippen molar-refractivity contribution in [2.75, 3.05) is 49.2 Å². The van der Waals surface area contributed by atoms with E-state index in [9.17, 15) is 18.7 Å². The minimum atomic E-state index is -1.24. The Morgan fingerprint density at radius 2 is 1.94 bits per heavy atom. The minimum absolute atomic E-state index is 0.0112. The van der Waals surface area contributed by atoms with E-state index in [1.807, 2.05) is 0 Å². The first-order valence-electron chi connectivity index (χ1n) is 10.4. The van der Waals surface area contributed by atoms with Gasteiger partial charge in [-0.05, 0) is 24.3 Å². The van der Waals surface area contributed by atoms with Gasteiger partial charge in [0.25, 0.3) is 0 Å². The number of carboxylic acid groups (broad SMARTS) is 1. The van der Waals surface area contributed by atoms with Crippen LogP contribution in [0.3, 0.4) is 0 Å². The maximum Gasteiger partial charge on any atom is 0.333 e. The molecule has 33 heavy (non-hydrogen) atoms. The van der Waals surface area contributed by atoms with E-state index in [1.54, 1.807) is 4.90 Å². The molecule has 0 bridgehead atoms. The van der Waals surface area contributed by atoms with Crippen LogP contribution in [0.1, 0.15) is 5.56 Å². The fraction of sp³-hybridized carbons (Fsp3) is 0.364. The Kier molecular flexibility index (Phi) is 5.26. The molecule has 1 aromatic heterocycles. The standard InChI is InChI=1S/C22H21F3N4O4/c23-15-1-2-18(16(24)7-15)29-9-13(21(30)31)5-12-6-17(25)20(27-19(12)29)28-10-14(8-26)22(11-28)32-3-4-33-22/h1-2,5-7,14H,3-4,8-11,26H2,(H,30,31). The quantitative estimate of drug-likeness (QED) is 0.714. The summed E-state index contributed by atoms with van der Waals surface area (Å²) in [5.74, 6) is -4.59. The molecule has 2 saturated heterocycles. The molecule has 1 unspecified atom stereocenters.